The normalized spacial score (nSPS) is 19.7. The molecule has 3 heterocycles. The molecule has 0 radical (unpaired) electrons. The summed E-state index contributed by atoms with van der Waals surface area (Å²) in [7, 11) is -3.41. The van der Waals surface area contributed by atoms with Gasteiger partial charge in [-0.15, -0.1) is 0 Å². The third kappa shape index (κ3) is 4.64. The number of aromatic nitrogens is 2. The Balaban J connectivity index is 1.84. The van der Waals surface area contributed by atoms with Crippen molar-refractivity contribution in [3.63, 3.8) is 0 Å². The molecule has 2 aliphatic heterocycles. The van der Waals surface area contributed by atoms with E-state index < -0.39 is 15.3 Å². The fourth-order valence-electron chi connectivity index (χ4n) is 4.03. The molecule has 0 N–H and O–H groups in total. The number of carbonyl (C=O) groups is 1. The number of anilines is 1. The van der Waals surface area contributed by atoms with Crippen LogP contribution < -0.4 is 4.90 Å². The molecular weight excluding hydrogens is 376 g/mol. The first-order valence-corrected chi connectivity index (χ1v) is 12.1. The maximum atomic E-state index is 12.5. The summed E-state index contributed by atoms with van der Waals surface area (Å²) in [5.41, 5.74) is 0.224. The highest BCUT2D eigenvalue weighted by atomic mass is 32.2. The molecule has 1 aromatic heterocycles. The van der Waals surface area contributed by atoms with Crippen molar-refractivity contribution in [3.8, 4) is 0 Å². The molecule has 0 atom stereocenters. The van der Waals surface area contributed by atoms with Gasteiger partial charge in [-0.1, -0.05) is 20.8 Å². The van der Waals surface area contributed by atoms with Crippen molar-refractivity contribution in [2.45, 2.75) is 63.7 Å². The van der Waals surface area contributed by atoms with E-state index >= 15 is 0 Å². The van der Waals surface area contributed by atoms with Crippen molar-refractivity contribution in [2.75, 3.05) is 37.3 Å². The first-order chi connectivity index (χ1) is 13.1. The summed E-state index contributed by atoms with van der Waals surface area (Å²) >= 11 is 0. The van der Waals surface area contributed by atoms with E-state index in [2.05, 4.69) is 9.88 Å². The number of nitrogens with zero attached hydrogens (tertiary/aromatic N) is 4. The quantitative estimate of drug-likeness (QED) is 0.764. The lowest BCUT2D eigenvalue weighted by Crippen LogP contribution is -2.44. The molecule has 1 aromatic rings. The van der Waals surface area contributed by atoms with Gasteiger partial charge in [-0.25, -0.2) is 18.4 Å². The standard InChI is InChI=1S/C20H32N4O3S/c1-20(2,3)18(25)23-12-8-15(9-13-23)17-16(28(4,26)27)14-21-19(22-17)24-10-6-5-7-11-24/h14-15H,5-13H2,1-4H3. The summed E-state index contributed by atoms with van der Waals surface area (Å²) in [5.74, 6) is 0.807. The molecule has 0 bridgehead atoms. The smallest absolute Gasteiger partial charge is 0.227 e. The van der Waals surface area contributed by atoms with Crippen LogP contribution in [-0.4, -0.2) is 61.6 Å². The van der Waals surface area contributed by atoms with E-state index in [9.17, 15) is 13.2 Å². The van der Waals surface area contributed by atoms with E-state index in [-0.39, 0.29) is 16.7 Å². The zero-order chi connectivity index (χ0) is 20.5. The Morgan fingerprint density at radius 2 is 1.68 bits per heavy atom. The molecule has 2 fully saturated rings. The van der Waals surface area contributed by atoms with Crippen molar-refractivity contribution in [2.24, 2.45) is 5.41 Å². The fraction of sp³-hybridized carbons (Fsp3) is 0.750. The van der Waals surface area contributed by atoms with Gasteiger partial charge in [0.25, 0.3) is 0 Å². The molecular formula is C20H32N4O3S. The van der Waals surface area contributed by atoms with Gasteiger partial charge in [0.1, 0.15) is 4.90 Å². The second-order valence-corrected chi connectivity index (χ2v) is 11.0. The highest BCUT2D eigenvalue weighted by Gasteiger charge is 2.33. The molecule has 0 aliphatic carbocycles. The molecule has 0 unspecified atom stereocenters. The maximum absolute atomic E-state index is 12.5. The zero-order valence-corrected chi connectivity index (χ0v) is 18.3. The van der Waals surface area contributed by atoms with Gasteiger partial charge in [0.05, 0.1) is 11.9 Å². The summed E-state index contributed by atoms with van der Waals surface area (Å²) in [6.45, 7) is 8.88. The minimum atomic E-state index is -3.41. The Labute approximate surface area is 168 Å². The largest absolute Gasteiger partial charge is 0.342 e. The fourth-order valence-corrected chi connectivity index (χ4v) is 4.87. The van der Waals surface area contributed by atoms with Gasteiger partial charge in [0.2, 0.25) is 11.9 Å². The summed E-state index contributed by atoms with van der Waals surface area (Å²) in [4.78, 5) is 25.9. The summed E-state index contributed by atoms with van der Waals surface area (Å²) in [6.07, 6.45) is 7.58. The van der Waals surface area contributed by atoms with Crippen LogP contribution in [0.3, 0.4) is 0 Å². The number of amides is 1. The number of carbonyl (C=O) groups excluding carboxylic acids is 1. The molecule has 0 aromatic carbocycles. The van der Waals surface area contributed by atoms with Crippen LogP contribution in [0.15, 0.2) is 11.1 Å². The predicted molar refractivity (Wildman–Crippen MR) is 109 cm³/mol. The predicted octanol–water partition coefficient (Wildman–Crippen LogP) is 2.62. The van der Waals surface area contributed by atoms with E-state index in [1.165, 1.54) is 18.9 Å². The van der Waals surface area contributed by atoms with E-state index in [0.29, 0.717) is 24.7 Å². The second kappa shape index (κ2) is 7.97. The molecule has 156 valence electrons. The zero-order valence-electron chi connectivity index (χ0n) is 17.4. The first kappa shape index (κ1) is 21.0. The number of hydrogen-bond acceptors (Lipinski definition) is 6. The van der Waals surface area contributed by atoms with Crippen molar-refractivity contribution in [1.82, 2.24) is 14.9 Å². The first-order valence-electron chi connectivity index (χ1n) is 10.2. The van der Waals surface area contributed by atoms with Crippen molar-refractivity contribution in [3.05, 3.63) is 11.9 Å². The third-order valence-corrected chi connectivity index (χ3v) is 6.73. The van der Waals surface area contributed by atoms with Crippen LogP contribution in [0.2, 0.25) is 0 Å². The van der Waals surface area contributed by atoms with Gasteiger partial charge in [-0.3, -0.25) is 4.79 Å². The number of hydrogen-bond donors (Lipinski definition) is 0. The minimum absolute atomic E-state index is 0.0280. The lowest BCUT2D eigenvalue weighted by Gasteiger charge is -2.36. The third-order valence-electron chi connectivity index (χ3n) is 5.62. The van der Waals surface area contributed by atoms with E-state index in [0.717, 1.165) is 38.8 Å². The summed E-state index contributed by atoms with van der Waals surface area (Å²) < 4.78 is 24.7. The van der Waals surface area contributed by atoms with Crippen molar-refractivity contribution in [1.29, 1.82) is 0 Å². The van der Waals surface area contributed by atoms with Gasteiger partial charge in [-0.2, -0.15) is 0 Å². The Morgan fingerprint density at radius 3 is 2.21 bits per heavy atom. The Kier molecular flexibility index (Phi) is 5.98. The molecule has 3 rings (SSSR count). The molecule has 0 saturated carbocycles. The lowest BCUT2D eigenvalue weighted by atomic mass is 9.89. The summed E-state index contributed by atoms with van der Waals surface area (Å²) in [6, 6.07) is 0. The van der Waals surface area contributed by atoms with Gasteiger partial charge in [-0.05, 0) is 32.1 Å². The molecule has 2 saturated heterocycles. The molecule has 1 amide bonds. The van der Waals surface area contributed by atoms with Gasteiger partial charge in [0.15, 0.2) is 9.84 Å². The van der Waals surface area contributed by atoms with Gasteiger partial charge < -0.3 is 9.80 Å². The number of sulfone groups is 1. The van der Waals surface area contributed by atoms with Gasteiger partial charge in [0, 0.05) is 43.8 Å². The highest BCUT2D eigenvalue weighted by molar-refractivity contribution is 7.90. The van der Waals surface area contributed by atoms with Crippen LogP contribution in [0.1, 0.15) is 64.5 Å². The van der Waals surface area contributed by atoms with Crippen LogP contribution in [0.4, 0.5) is 5.95 Å². The summed E-state index contributed by atoms with van der Waals surface area (Å²) in [5, 5.41) is 0. The number of likely N-dealkylation sites (tertiary alicyclic amines) is 1. The average Bonchev–Trinajstić information content (AvgIpc) is 2.66. The highest BCUT2D eigenvalue weighted by Crippen LogP contribution is 2.33. The maximum Gasteiger partial charge on any atom is 0.227 e. The van der Waals surface area contributed by atoms with Crippen LogP contribution >= 0.6 is 0 Å². The molecule has 7 nitrogen and oxygen atoms in total. The van der Waals surface area contributed by atoms with Crippen LogP contribution in [0, 0.1) is 5.41 Å². The molecule has 28 heavy (non-hydrogen) atoms. The van der Waals surface area contributed by atoms with Crippen LogP contribution in [0.5, 0.6) is 0 Å². The van der Waals surface area contributed by atoms with E-state index in [4.69, 9.17) is 4.98 Å². The number of rotatable bonds is 3. The minimum Gasteiger partial charge on any atom is -0.342 e. The van der Waals surface area contributed by atoms with E-state index in [1.807, 2.05) is 25.7 Å². The topological polar surface area (TPSA) is 83.5 Å². The Bertz CT molecular complexity index is 818. The second-order valence-electron chi connectivity index (χ2n) is 9.06. The Morgan fingerprint density at radius 1 is 1.07 bits per heavy atom. The van der Waals surface area contributed by atoms with Crippen LogP contribution in [0.25, 0.3) is 0 Å². The average molecular weight is 409 g/mol. The number of piperidine rings is 2. The van der Waals surface area contributed by atoms with Crippen molar-refractivity contribution < 1.29 is 13.2 Å². The SMILES string of the molecule is CC(C)(C)C(=O)N1CCC(c2nc(N3CCCCC3)ncc2S(C)(=O)=O)CC1. The van der Waals surface area contributed by atoms with Crippen molar-refractivity contribution >= 4 is 21.7 Å². The Hall–Kier alpha value is -1.70. The molecule has 0 spiro atoms. The van der Waals surface area contributed by atoms with E-state index in [1.54, 1.807) is 0 Å². The van der Waals surface area contributed by atoms with Crippen LogP contribution in [-0.2, 0) is 14.6 Å². The monoisotopic (exact) mass is 408 g/mol. The molecule has 8 heteroatoms. The molecule has 2 aliphatic rings. The lowest BCUT2D eigenvalue weighted by molar-refractivity contribution is -0.140. The van der Waals surface area contributed by atoms with Gasteiger partial charge >= 0.3 is 0 Å².